The lowest BCUT2D eigenvalue weighted by Crippen LogP contribution is -2.24. The van der Waals surface area contributed by atoms with Crippen molar-refractivity contribution in [3.05, 3.63) is 11.9 Å². The summed E-state index contributed by atoms with van der Waals surface area (Å²) in [5, 5.41) is 2.28. The van der Waals surface area contributed by atoms with E-state index >= 15 is 0 Å². The standard InChI is InChI=1S/C6H10N2O2/c1-4(9)6(3-7)8-5(2)10/h3H,7H2,1-2H3,(H,8,10). The number of carbonyl (C=O) groups excluding carboxylic acids is 2. The zero-order valence-corrected chi connectivity index (χ0v) is 5.97. The molecule has 10 heavy (non-hydrogen) atoms. The Morgan fingerprint density at radius 2 is 1.90 bits per heavy atom. The van der Waals surface area contributed by atoms with Crippen molar-refractivity contribution in [3.8, 4) is 0 Å². The normalized spacial score (nSPS) is 10.8. The van der Waals surface area contributed by atoms with Gasteiger partial charge in [0, 0.05) is 20.0 Å². The molecule has 0 fully saturated rings. The molecule has 0 radical (unpaired) electrons. The minimum atomic E-state index is -0.299. The van der Waals surface area contributed by atoms with Crippen LogP contribution in [-0.2, 0) is 9.59 Å². The lowest BCUT2D eigenvalue weighted by Gasteiger charge is -2.00. The van der Waals surface area contributed by atoms with Crippen LogP contribution >= 0.6 is 0 Å². The fraction of sp³-hybridized carbons (Fsp3) is 0.333. The molecule has 3 N–H and O–H groups in total. The van der Waals surface area contributed by atoms with Gasteiger partial charge in [-0.05, 0) is 0 Å². The van der Waals surface area contributed by atoms with E-state index in [9.17, 15) is 9.59 Å². The fourth-order valence-corrected chi connectivity index (χ4v) is 0.437. The number of carbonyl (C=O) groups is 2. The Hall–Kier alpha value is -1.32. The quantitative estimate of drug-likeness (QED) is 0.511. The summed E-state index contributed by atoms with van der Waals surface area (Å²) in [5.41, 5.74) is 5.16. The summed E-state index contributed by atoms with van der Waals surface area (Å²) in [6.07, 6.45) is 1.07. The SMILES string of the molecule is CC(=O)NC(=CN)C(C)=O. The third kappa shape index (κ3) is 2.86. The van der Waals surface area contributed by atoms with Gasteiger partial charge in [-0.1, -0.05) is 0 Å². The number of amides is 1. The van der Waals surface area contributed by atoms with Gasteiger partial charge in [-0.15, -0.1) is 0 Å². The van der Waals surface area contributed by atoms with Crippen molar-refractivity contribution in [2.75, 3.05) is 0 Å². The van der Waals surface area contributed by atoms with Gasteiger partial charge in [0.25, 0.3) is 0 Å². The van der Waals surface area contributed by atoms with Gasteiger partial charge in [-0.2, -0.15) is 0 Å². The number of hydrogen-bond acceptors (Lipinski definition) is 3. The number of rotatable bonds is 2. The monoisotopic (exact) mass is 142 g/mol. The summed E-state index contributed by atoms with van der Waals surface area (Å²) in [5.74, 6) is -0.551. The van der Waals surface area contributed by atoms with Gasteiger partial charge in [0.05, 0.1) is 5.70 Å². The van der Waals surface area contributed by atoms with E-state index in [1.807, 2.05) is 0 Å². The van der Waals surface area contributed by atoms with Gasteiger partial charge < -0.3 is 11.1 Å². The summed E-state index contributed by atoms with van der Waals surface area (Å²) in [4.78, 5) is 20.9. The molecule has 0 aromatic heterocycles. The predicted molar refractivity (Wildman–Crippen MR) is 36.8 cm³/mol. The molecule has 0 atom stereocenters. The molecule has 0 aliphatic carbocycles. The van der Waals surface area contributed by atoms with E-state index < -0.39 is 0 Å². The maximum absolute atomic E-state index is 10.5. The van der Waals surface area contributed by atoms with Crippen molar-refractivity contribution in [3.63, 3.8) is 0 Å². The molecular formula is C6H10N2O2. The predicted octanol–water partition coefficient (Wildman–Crippen LogP) is -0.488. The zero-order valence-electron chi connectivity index (χ0n) is 5.97. The van der Waals surface area contributed by atoms with Crippen LogP contribution < -0.4 is 11.1 Å². The Kier molecular flexibility index (Phi) is 3.17. The molecule has 0 spiro atoms. The highest BCUT2D eigenvalue weighted by molar-refractivity contribution is 5.96. The first-order chi connectivity index (χ1) is 4.57. The minimum absolute atomic E-state index is 0.132. The average Bonchev–Trinajstić information content (AvgIpc) is 1.81. The van der Waals surface area contributed by atoms with E-state index in [0.717, 1.165) is 6.20 Å². The molecular weight excluding hydrogens is 132 g/mol. The van der Waals surface area contributed by atoms with Gasteiger partial charge >= 0.3 is 0 Å². The summed E-state index contributed by atoms with van der Waals surface area (Å²) in [6, 6.07) is 0. The van der Waals surface area contributed by atoms with Crippen molar-refractivity contribution in [1.29, 1.82) is 0 Å². The maximum Gasteiger partial charge on any atom is 0.221 e. The van der Waals surface area contributed by atoms with Crippen molar-refractivity contribution < 1.29 is 9.59 Å². The first-order valence-corrected chi connectivity index (χ1v) is 2.78. The Bertz CT molecular complexity index is 184. The van der Waals surface area contributed by atoms with Crippen LogP contribution in [-0.4, -0.2) is 11.7 Å². The van der Waals surface area contributed by atoms with Gasteiger partial charge in [0.1, 0.15) is 0 Å². The number of Topliss-reactive ketones (excluding diaryl/α,β-unsaturated/α-hetero) is 1. The molecule has 0 aliphatic heterocycles. The highest BCUT2D eigenvalue weighted by Crippen LogP contribution is 1.86. The molecule has 0 heterocycles. The molecule has 0 saturated carbocycles. The van der Waals surface area contributed by atoms with Crippen molar-refractivity contribution in [2.24, 2.45) is 5.73 Å². The van der Waals surface area contributed by atoms with Crippen molar-refractivity contribution in [2.45, 2.75) is 13.8 Å². The Balaban J connectivity index is 4.12. The maximum atomic E-state index is 10.5. The zero-order chi connectivity index (χ0) is 8.15. The summed E-state index contributed by atoms with van der Waals surface area (Å²) in [7, 11) is 0. The van der Waals surface area contributed by atoms with Crippen LogP contribution in [0.3, 0.4) is 0 Å². The van der Waals surface area contributed by atoms with Crippen molar-refractivity contribution >= 4 is 11.7 Å². The Morgan fingerprint density at radius 1 is 1.40 bits per heavy atom. The smallest absolute Gasteiger partial charge is 0.221 e. The molecule has 0 saturated heterocycles. The summed E-state index contributed by atoms with van der Waals surface area (Å²) in [6.45, 7) is 2.64. The van der Waals surface area contributed by atoms with Crippen molar-refractivity contribution in [1.82, 2.24) is 5.32 Å². The first kappa shape index (κ1) is 8.68. The summed E-state index contributed by atoms with van der Waals surface area (Å²) >= 11 is 0. The third-order valence-corrected chi connectivity index (χ3v) is 0.857. The van der Waals surface area contributed by atoms with Crippen LogP contribution in [0.15, 0.2) is 11.9 Å². The number of allylic oxidation sites excluding steroid dienone is 1. The Labute approximate surface area is 59.1 Å². The summed E-state index contributed by atoms with van der Waals surface area (Å²) < 4.78 is 0. The fourth-order valence-electron chi connectivity index (χ4n) is 0.437. The molecule has 0 rings (SSSR count). The molecule has 56 valence electrons. The minimum Gasteiger partial charge on any atom is -0.403 e. The molecule has 0 unspecified atom stereocenters. The number of nitrogens with two attached hydrogens (primary N) is 1. The second-order valence-electron chi connectivity index (χ2n) is 1.82. The lowest BCUT2D eigenvalue weighted by atomic mass is 10.3. The van der Waals surface area contributed by atoms with Gasteiger partial charge in [-0.3, -0.25) is 9.59 Å². The van der Waals surface area contributed by atoms with Crippen LogP contribution in [0.5, 0.6) is 0 Å². The van der Waals surface area contributed by atoms with Crippen LogP contribution in [0.2, 0.25) is 0 Å². The largest absolute Gasteiger partial charge is 0.403 e. The van der Waals surface area contributed by atoms with E-state index in [1.165, 1.54) is 13.8 Å². The van der Waals surface area contributed by atoms with E-state index in [-0.39, 0.29) is 17.4 Å². The van der Waals surface area contributed by atoms with Crippen LogP contribution in [0, 0.1) is 0 Å². The molecule has 0 bridgehead atoms. The third-order valence-electron chi connectivity index (χ3n) is 0.857. The average molecular weight is 142 g/mol. The highest BCUT2D eigenvalue weighted by atomic mass is 16.2. The van der Waals surface area contributed by atoms with Crippen LogP contribution in [0.25, 0.3) is 0 Å². The Morgan fingerprint density at radius 3 is 2.00 bits per heavy atom. The lowest BCUT2D eigenvalue weighted by molar-refractivity contribution is -0.121. The molecule has 4 nitrogen and oxygen atoms in total. The molecule has 0 aliphatic rings. The topological polar surface area (TPSA) is 72.2 Å². The molecule has 0 aromatic rings. The molecule has 4 heteroatoms. The second-order valence-corrected chi connectivity index (χ2v) is 1.82. The van der Waals surface area contributed by atoms with Gasteiger partial charge in [0.15, 0.2) is 5.78 Å². The van der Waals surface area contributed by atoms with E-state index in [0.29, 0.717) is 0 Å². The highest BCUT2D eigenvalue weighted by Gasteiger charge is 2.02. The molecule has 0 aromatic carbocycles. The van der Waals surface area contributed by atoms with Crippen LogP contribution in [0.4, 0.5) is 0 Å². The van der Waals surface area contributed by atoms with E-state index in [4.69, 9.17) is 5.73 Å². The number of ketones is 1. The molecule has 1 amide bonds. The number of hydrogen-bond donors (Lipinski definition) is 2. The second kappa shape index (κ2) is 3.66. The van der Waals surface area contributed by atoms with Gasteiger partial charge in [-0.25, -0.2) is 0 Å². The van der Waals surface area contributed by atoms with E-state index in [2.05, 4.69) is 5.32 Å². The van der Waals surface area contributed by atoms with E-state index in [1.54, 1.807) is 0 Å². The van der Waals surface area contributed by atoms with Gasteiger partial charge in [0.2, 0.25) is 5.91 Å². The number of nitrogens with one attached hydrogen (secondary N) is 1. The van der Waals surface area contributed by atoms with Crippen LogP contribution in [0.1, 0.15) is 13.8 Å². The first-order valence-electron chi connectivity index (χ1n) is 2.78.